The number of aromatic nitrogens is 4. The largest absolute Gasteiger partial charge is 0.355 e. The maximum absolute atomic E-state index is 11.8. The lowest BCUT2D eigenvalue weighted by Gasteiger charge is -2.33. The molecule has 3 heterocycles. The zero-order chi connectivity index (χ0) is 15.6. The first-order valence-corrected chi connectivity index (χ1v) is 8.37. The third-order valence-corrected chi connectivity index (χ3v) is 4.83. The number of piperidine rings is 1. The number of hydrogen-bond acceptors (Lipinski definition) is 5. The molecule has 6 nitrogen and oxygen atoms in total. The lowest BCUT2D eigenvalue weighted by molar-refractivity contribution is 0.349. The Morgan fingerprint density at radius 1 is 1.04 bits per heavy atom. The van der Waals surface area contributed by atoms with Gasteiger partial charge in [-0.3, -0.25) is 14.3 Å². The van der Waals surface area contributed by atoms with Crippen molar-refractivity contribution < 1.29 is 0 Å². The van der Waals surface area contributed by atoms with E-state index in [1.807, 2.05) is 0 Å². The molecule has 4 rings (SSSR count). The van der Waals surface area contributed by atoms with Gasteiger partial charge in [0.15, 0.2) is 5.82 Å². The second kappa shape index (κ2) is 6.10. The van der Waals surface area contributed by atoms with Crippen molar-refractivity contribution in [3.8, 4) is 0 Å². The lowest BCUT2D eigenvalue weighted by atomic mass is 9.96. The van der Waals surface area contributed by atoms with Gasteiger partial charge in [0.05, 0.1) is 12.0 Å². The molecule has 0 amide bonds. The van der Waals surface area contributed by atoms with Crippen LogP contribution in [0.3, 0.4) is 0 Å². The summed E-state index contributed by atoms with van der Waals surface area (Å²) in [6.07, 6.45) is 11.4. The highest BCUT2D eigenvalue weighted by atomic mass is 16.1. The second-order valence-corrected chi connectivity index (χ2v) is 6.54. The standard InChI is InChI=1S/C17H21N5O/c23-15-3-6-18-12-22(15)11-13-4-9-21(10-5-13)17-16(14-1-2-14)19-7-8-20-17/h3,6-8,12-14H,1-2,4-5,9-11H2. The molecule has 1 aliphatic carbocycles. The zero-order valence-electron chi connectivity index (χ0n) is 13.1. The van der Waals surface area contributed by atoms with Gasteiger partial charge >= 0.3 is 0 Å². The van der Waals surface area contributed by atoms with Crippen LogP contribution in [0.1, 0.15) is 37.3 Å². The molecule has 23 heavy (non-hydrogen) atoms. The number of hydrogen-bond donors (Lipinski definition) is 0. The first kappa shape index (κ1) is 14.4. The van der Waals surface area contributed by atoms with Crippen LogP contribution >= 0.6 is 0 Å². The first-order valence-electron chi connectivity index (χ1n) is 8.37. The third-order valence-electron chi connectivity index (χ3n) is 4.83. The van der Waals surface area contributed by atoms with Gasteiger partial charge in [0.25, 0.3) is 5.56 Å². The van der Waals surface area contributed by atoms with Crippen LogP contribution in [-0.4, -0.2) is 32.6 Å². The predicted molar refractivity (Wildman–Crippen MR) is 87.4 cm³/mol. The average Bonchev–Trinajstić information content (AvgIpc) is 3.43. The Labute approximate surface area is 135 Å². The van der Waals surface area contributed by atoms with E-state index in [1.165, 1.54) is 24.6 Å². The van der Waals surface area contributed by atoms with Gasteiger partial charge in [-0.25, -0.2) is 9.97 Å². The van der Waals surface area contributed by atoms with Crippen molar-refractivity contribution in [3.63, 3.8) is 0 Å². The highest BCUT2D eigenvalue weighted by Crippen LogP contribution is 2.42. The molecule has 120 valence electrons. The van der Waals surface area contributed by atoms with Crippen LogP contribution in [-0.2, 0) is 6.54 Å². The smallest absolute Gasteiger partial charge is 0.253 e. The van der Waals surface area contributed by atoms with Crippen LogP contribution in [0.4, 0.5) is 5.82 Å². The fraction of sp³-hybridized carbons (Fsp3) is 0.529. The topological polar surface area (TPSA) is 63.9 Å². The van der Waals surface area contributed by atoms with Crippen LogP contribution in [0.25, 0.3) is 0 Å². The SMILES string of the molecule is O=c1ccncn1CC1CCN(c2nccnc2C2CC2)CC1. The van der Waals surface area contributed by atoms with E-state index in [0.717, 1.165) is 38.3 Å². The van der Waals surface area contributed by atoms with Gasteiger partial charge < -0.3 is 4.90 Å². The molecule has 2 fully saturated rings. The van der Waals surface area contributed by atoms with Crippen molar-refractivity contribution >= 4 is 5.82 Å². The Kier molecular flexibility index (Phi) is 3.81. The molecule has 2 aliphatic rings. The summed E-state index contributed by atoms with van der Waals surface area (Å²) in [5.41, 5.74) is 1.21. The number of rotatable bonds is 4. The first-order chi connectivity index (χ1) is 11.3. The molecule has 1 aliphatic heterocycles. The molecular formula is C17H21N5O. The molecule has 0 spiro atoms. The van der Waals surface area contributed by atoms with Gasteiger partial charge in [-0.05, 0) is 31.6 Å². The Bertz CT molecular complexity index is 732. The molecule has 0 aromatic carbocycles. The van der Waals surface area contributed by atoms with Crippen molar-refractivity contribution in [3.05, 3.63) is 47.0 Å². The monoisotopic (exact) mass is 311 g/mol. The fourth-order valence-corrected chi connectivity index (χ4v) is 3.35. The average molecular weight is 311 g/mol. The Hall–Kier alpha value is -2.24. The highest BCUT2D eigenvalue weighted by molar-refractivity contribution is 5.46. The van der Waals surface area contributed by atoms with Crippen molar-refractivity contribution in [2.45, 2.75) is 38.1 Å². The number of nitrogens with zero attached hydrogens (tertiary/aromatic N) is 5. The van der Waals surface area contributed by atoms with Crippen LogP contribution in [0, 0.1) is 5.92 Å². The normalized spacial score (nSPS) is 19.0. The minimum absolute atomic E-state index is 0.0346. The van der Waals surface area contributed by atoms with E-state index >= 15 is 0 Å². The summed E-state index contributed by atoms with van der Waals surface area (Å²) in [4.78, 5) is 27.4. The van der Waals surface area contributed by atoms with Gasteiger partial charge in [-0.2, -0.15) is 0 Å². The van der Waals surface area contributed by atoms with Crippen molar-refractivity contribution in [2.24, 2.45) is 5.92 Å². The van der Waals surface area contributed by atoms with E-state index in [2.05, 4.69) is 19.9 Å². The van der Waals surface area contributed by atoms with Crippen LogP contribution in [0.15, 0.2) is 35.8 Å². The third kappa shape index (κ3) is 3.11. The highest BCUT2D eigenvalue weighted by Gasteiger charge is 2.31. The van der Waals surface area contributed by atoms with E-state index < -0.39 is 0 Å². The molecule has 0 N–H and O–H groups in total. The maximum atomic E-state index is 11.8. The summed E-state index contributed by atoms with van der Waals surface area (Å²) in [7, 11) is 0. The fourth-order valence-electron chi connectivity index (χ4n) is 3.35. The second-order valence-electron chi connectivity index (χ2n) is 6.54. The van der Waals surface area contributed by atoms with E-state index in [4.69, 9.17) is 0 Å². The quantitative estimate of drug-likeness (QED) is 0.862. The van der Waals surface area contributed by atoms with Crippen LogP contribution in [0.2, 0.25) is 0 Å². The maximum Gasteiger partial charge on any atom is 0.253 e. The van der Waals surface area contributed by atoms with E-state index in [0.29, 0.717) is 11.8 Å². The Balaban J connectivity index is 1.42. The summed E-state index contributed by atoms with van der Waals surface area (Å²) < 4.78 is 1.72. The Morgan fingerprint density at radius 3 is 2.57 bits per heavy atom. The van der Waals surface area contributed by atoms with E-state index in [9.17, 15) is 4.79 Å². The minimum atomic E-state index is 0.0346. The Morgan fingerprint density at radius 2 is 1.83 bits per heavy atom. The summed E-state index contributed by atoms with van der Waals surface area (Å²) in [6, 6.07) is 1.52. The molecule has 1 saturated carbocycles. The minimum Gasteiger partial charge on any atom is -0.355 e. The van der Waals surface area contributed by atoms with Gasteiger partial charge in [0.2, 0.25) is 0 Å². The molecule has 2 aromatic rings. The van der Waals surface area contributed by atoms with Gasteiger partial charge in [0.1, 0.15) is 0 Å². The molecule has 6 heteroatoms. The molecule has 2 aromatic heterocycles. The van der Waals surface area contributed by atoms with Gasteiger partial charge in [-0.1, -0.05) is 0 Å². The molecule has 1 saturated heterocycles. The van der Waals surface area contributed by atoms with Crippen molar-refractivity contribution in [2.75, 3.05) is 18.0 Å². The zero-order valence-corrected chi connectivity index (χ0v) is 13.1. The summed E-state index contributed by atoms with van der Waals surface area (Å²) in [5, 5.41) is 0. The van der Waals surface area contributed by atoms with Gasteiger partial charge in [0, 0.05) is 50.2 Å². The molecule has 0 atom stereocenters. The lowest BCUT2D eigenvalue weighted by Crippen LogP contribution is -2.37. The van der Waals surface area contributed by atoms with Crippen LogP contribution in [0.5, 0.6) is 0 Å². The van der Waals surface area contributed by atoms with E-state index in [-0.39, 0.29) is 5.56 Å². The van der Waals surface area contributed by atoms with Crippen molar-refractivity contribution in [1.29, 1.82) is 0 Å². The predicted octanol–water partition coefficient (Wildman–Crippen LogP) is 1.83. The van der Waals surface area contributed by atoms with Crippen molar-refractivity contribution in [1.82, 2.24) is 19.5 Å². The van der Waals surface area contributed by atoms with Crippen LogP contribution < -0.4 is 10.5 Å². The number of anilines is 1. The van der Waals surface area contributed by atoms with E-state index in [1.54, 1.807) is 29.5 Å². The molecule has 0 radical (unpaired) electrons. The molecule has 0 unspecified atom stereocenters. The molecular weight excluding hydrogens is 290 g/mol. The van der Waals surface area contributed by atoms with Gasteiger partial charge in [-0.15, -0.1) is 0 Å². The summed E-state index contributed by atoms with van der Waals surface area (Å²) in [5.74, 6) is 2.21. The summed E-state index contributed by atoms with van der Waals surface area (Å²) >= 11 is 0. The molecule has 0 bridgehead atoms. The summed E-state index contributed by atoms with van der Waals surface area (Å²) in [6.45, 7) is 2.73.